The van der Waals surface area contributed by atoms with Gasteiger partial charge in [-0.25, -0.2) is 0 Å². The molecule has 1 unspecified atom stereocenters. The highest BCUT2D eigenvalue weighted by Gasteiger charge is 2.17. The van der Waals surface area contributed by atoms with Crippen molar-refractivity contribution in [3.63, 3.8) is 0 Å². The molecule has 64 heavy (non-hydrogen) atoms. The molecule has 0 radical (unpaired) electrons. The lowest BCUT2D eigenvalue weighted by atomic mass is 10.1. The maximum Gasteiger partial charge on any atom is 0.306 e. The molecule has 5 nitrogen and oxygen atoms in total. The Balaban J connectivity index is 4.33. The fourth-order valence-electron chi connectivity index (χ4n) is 7.15. The zero-order chi connectivity index (χ0) is 46.3. The maximum absolute atomic E-state index is 12.8. The van der Waals surface area contributed by atoms with Gasteiger partial charge in [0.2, 0.25) is 0 Å². The van der Waals surface area contributed by atoms with Gasteiger partial charge in [0.1, 0.15) is 6.61 Å². The predicted molar refractivity (Wildman–Crippen MR) is 279 cm³/mol. The van der Waals surface area contributed by atoms with Crippen LogP contribution in [0.15, 0.2) is 97.2 Å². The van der Waals surface area contributed by atoms with Gasteiger partial charge in [-0.05, 0) is 89.9 Å². The van der Waals surface area contributed by atoms with Crippen LogP contribution in [0.1, 0.15) is 239 Å². The Morgan fingerprint density at radius 1 is 0.359 bits per heavy atom. The number of hydrogen-bond donors (Lipinski definition) is 0. The molecule has 0 aliphatic rings. The van der Waals surface area contributed by atoms with E-state index in [9.17, 15) is 9.59 Å². The lowest BCUT2D eigenvalue weighted by molar-refractivity contribution is -0.162. The third-order valence-corrected chi connectivity index (χ3v) is 11.1. The second kappa shape index (κ2) is 54.2. The van der Waals surface area contributed by atoms with E-state index in [0.29, 0.717) is 25.9 Å². The van der Waals surface area contributed by atoms with Crippen molar-refractivity contribution in [2.45, 2.75) is 245 Å². The molecule has 0 N–H and O–H groups in total. The summed E-state index contributed by atoms with van der Waals surface area (Å²) < 4.78 is 17.3. The third kappa shape index (κ3) is 51.5. The van der Waals surface area contributed by atoms with Crippen LogP contribution in [0.2, 0.25) is 0 Å². The largest absolute Gasteiger partial charge is 0.462 e. The summed E-state index contributed by atoms with van der Waals surface area (Å²) in [5.74, 6) is -0.498. The molecule has 0 aromatic rings. The molecule has 0 rings (SSSR count). The van der Waals surface area contributed by atoms with Crippen LogP contribution in [0.3, 0.4) is 0 Å². The minimum atomic E-state index is -0.571. The first kappa shape index (κ1) is 60.8. The van der Waals surface area contributed by atoms with Crippen molar-refractivity contribution in [2.75, 3.05) is 19.8 Å². The van der Waals surface area contributed by atoms with E-state index in [-0.39, 0.29) is 25.2 Å². The van der Waals surface area contributed by atoms with E-state index in [4.69, 9.17) is 14.2 Å². The highest BCUT2D eigenvalue weighted by molar-refractivity contribution is 5.70. The van der Waals surface area contributed by atoms with Crippen LogP contribution in [0, 0.1) is 0 Å². The molecule has 0 aliphatic heterocycles. The van der Waals surface area contributed by atoms with Crippen LogP contribution in [0.4, 0.5) is 0 Å². The van der Waals surface area contributed by atoms with Crippen LogP contribution < -0.4 is 0 Å². The average molecular weight is 889 g/mol. The number of hydrogen-bond acceptors (Lipinski definition) is 5. The molecule has 0 aliphatic carbocycles. The number of carbonyl (C=O) groups is 2. The first-order valence-electron chi connectivity index (χ1n) is 26.8. The molecule has 5 heteroatoms. The summed E-state index contributed by atoms with van der Waals surface area (Å²) in [6.45, 7) is 7.61. The van der Waals surface area contributed by atoms with Crippen LogP contribution in [0.5, 0.6) is 0 Å². The number of rotatable bonds is 48. The molecule has 0 saturated carbocycles. The topological polar surface area (TPSA) is 61.8 Å². The highest BCUT2D eigenvalue weighted by Crippen LogP contribution is 2.14. The van der Waals surface area contributed by atoms with Crippen LogP contribution in [-0.2, 0) is 23.8 Å². The molecule has 0 heterocycles. The highest BCUT2D eigenvalue weighted by atomic mass is 16.6. The van der Waals surface area contributed by atoms with Gasteiger partial charge in [0.05, 0.1) is 6.61 Å². The van der Waals surface area contributed by atoms with Gasteiger partial charge in [0, 0.05) is 19.4 Å². The molecule has 0 aromatic heterocycles. The number of carbonyl (C=O) groups excluding carboxylic acids is 2. The Morgan fingerprint density at radius 2 is 0.734 bits per heavy atom. The van der Waals surface area contributed by atoms with Gasteiger partial charge in [-0.3, -0.25) is 9.59 Å². The van der Waals surface area contributed by atoms with E-state index in [1.807, 2.05) is 6.08 Å². The van der Waals surface area contributed by atoms with E-state index in [1.54, 1.807) is 0 Å². The van der Waals surface area contributed by atoms with Crippen molar-refractivity contribution in [1.29, 1.82) is 0 Å². The Kier molecular flexibility index (Phi) is 51.5. The number of allylic oxidation sites excluding steroid dienone is 16. The normalized spacial score (nSPS) is 13.0. The first-order chi connectivity index (χ1) is 31.6. The minimum Gasteiger partial charge on any atom is -0.462 e. The number of esters is 2. The fraction of sp³-hybridized carbons (Fsp3) is 0.695. The second-order valence-corrected chi connectivity index (χ2v) is 17.4. The Labute approximate surface area is 396 Å². The van der Waals surface area contributed by atoms with Crippen LogP contribution >= 0.6 is 0 Å². The molecular weight excluding hydrogens is 789 g/mol. The van der Waals surface area contributed by atoms with E-state index in [1.165, 1.54) is 122 Å². The average Bonchev–Trinajstić information content (AvgIpc) is 3.30. The van der Waals surface area contributed by atoms with E-state index >= 15 is 0 Å². The van der Waals surface area contributed by atoms with Crippen molar-refractivity contribution < 1.29 is 23.8 Å². The smallest absolute Gasteiger partial charge is 0.306 e. The van der Waals surface area contributed by atoms with Crippen molar-refractivity contribution in [2.24, 2.45) is 0 Å². The summed E-state index contributed by atoms with van der Waals surface area (Å²) in [5, 5.41) is 0. The summed E-state index contributed by atoms with van der Waals surface area (Å²) in [6, 6.07) is 0. The fourth-order valence-corrected chi connectivity index (χ4v) is 7.15. The van der Waals surface area contributed by atoms with Crippen LogP contribution in [-0.4, -0.2) is 37.9 Å². The molecule has 0 saturated heterocycles. The standard InChI is InChI=1S/C59H100O5/c1-4-7-10-13-16-19-22-24-26-28-30-32-34-36-38-40-43-46-49-52-58(60)63-56-57(55-62-54-51-48-45-42-21-18-15-12-9-6-3)64-59(61)53-50-47-44-41-39-37-35-33-31-29-27-25-23-20-17-14-11-8-5-2/h7,10,16-17,19-20,24-27,30,32,36,38,43,46,57H,4-6,8-9,11-15,18,21-23,28-29,31,33-35,37,39-42,44-45,47-56H2,1-3H3/b10-7-,19-16-,20-17-,26-24-,27-25-,32-30-,38-36-,46-43-. The van der Waals surface area contributed by atoms with Gasteiger partial charge in [0.15, 0.2) is 6.10 Å². The SMILES string of the molecule is CC/C=C\C/C=C\C/C=C\C/C=C\C/C=C\C/C=C\CCC(=O)OCC(COCCCCCCCCCCCC)OC(=O)CCCCCCCCCCC/C=C\C/C=C\CCCCC. The van der Waals surface area contributed by atoms with Gasteiger partial charge in [-0.2, -0.15) is 0 Å². The summed E-state index contributed by atoms with van der Waals surface area (Å²) >= 11 is 0. The zero-order valence-corrected chi connectivity index (χ0v) is 42.0. The molecule has 0 fully saturated rings. The summed E-state index contributed by atoms with van der Waals surface area (Å²) in [5.41, 5.74) is 0. The molecule has 0 amide bonds. The molecule has 0 spiro atoms. The van der Waals surface area contributed by atoms with Crippen molar-refractivity contribution >= 4 is 11.9 Å². The minimum absolute atomic E-state index is 0.0409. The molecule has 1 atom stereocenters. The van der Waals surface area contributed by atoms with Crippen LogP contribution in [0.25, 0.3) is 0 Å². The van der Waals surface area contributed by atoms with Crippen molar-refractivity contribution in [3.05, 3.63) is 97.2 Å². The Hall–Kier alpha value is -3.18. The molecular formula is C59H100O5. The summed E-state index contributed by atoms with van der Waals surface area (Å²) in [4.78, 5) is 25.4. The van der Waals surface area contributed by atoms with Gasteiger partial charge >= 0.3 is 11.9 Å². The third-order valence-electron chi connectivity index (χ3n) is 11.1. The second-order valence-electron chi connectivity index (χ2n) is 17.4. The quantitative estimate of drug-likeness (QED) is 0.0346. The molecule has 366 valence electrons. The lowest BCUT2D eigenvalue weighted by Gasteiger charge is -2.18. The number of ether oxygens (including phenoxy) is 3. The van der Waals surface area contributed by atoms with Crippen molar-refractivity contribution in [1.82, 2.24) is 0 Å². The van der Waals surface area contributed by atoms with Gasteiger partial charge in [-0.15, -0.1) is 0 Å². The molecule has 0 aromatic carbocycles. The summed E-state index contributed by atoms with van der Waals surface area (Å²) in [6.07, 6.45) is 72.8. The summed E-state index contributed by atoms with van der Waals surface area (Å²) in [7, 11) is 0. The van der Waals surface area contributed by atoms with E-state index in [0.717, 1.165) is 77.0 Å². The van der Waals surface area contributed by atoms with Gasteiger partial charge in [-0.1, -0.05) is 234 Å². The first-order valence-corrected chi connectivity index (χ1v) is 26.8. The van der Waals surface area contributed by atoms with E-state index < -0.39 is 6.10 Å². The number of unbranched alkanes of at least 4 members (excludes halogenated alkanes) is 21. The maximum atomic E-state index is 12.8. The van der Waals surface area contributed by atoms with Crippen molar-refractivity contribution in [3.8, 4) is 0 Å². The van der Waals surface area contributed by atoms with Gasteiger partial charge in [0.25, 0.3) is 0 Å². The molecule has 0 bridgehead atoms. The Bertz CT molecular complexity index is 1230. The zero-order valence-electron chi connectivity index (χ0n) is 42.0. The lowest BCUT2D eigenvalue weighted by Crippen LogP contribution is -2.30. The van der Waals surface area contributed by atoms with E-state index in [2.05, 4.69) is 112 Å². The van der Waals surface area contributed by atoms with Gasteiger partial charge < -0.3 is 14.2 Å². The predicted octanol–water partition coefficient (Wildman–Crippen LogP) is 18.2. The monoisotopic (exact) mass is 889 g/mol. The Morgan fingerprint density at radius 3 is 1.22 bits per heavy atom.